The highest BCUT2D eigenvalue weighted by Gasteiger charge is 2.19. The van der Waals surface area contributed by atoms with Crippen LogP contribution in [0.5, 0.6) is 0 Å². The van der Waals surface area contributed by atoms with Crippen LogP contribution in [0, 0.1) is 0 Å². The first-order valence-corrected chi connectivity index (χ1v) is 7.32. The normalized spacial score (nSPS) is 25.6. The average molecular weight is 241 g/mol. The van der Waals surface area contributed by atoms with Gasteiger partial charge in [-0.2, -0.15) is 5.10 Å². The van der Waals surface area contributed by atoms with E-state index < -0.39 is 10.8 Å². The molecule has 1 aromatic heterocycles. The second-order valence-corrected chi connectivity index (χ2v) is 5.98. The molecule has 5 heteroatoms. The molecule has 0 unspecified atom stereocenters. The summed E-state index contributed by atoms with van der Waals surface area (Å²) in [4.78, 5) is 0. The van der Waals surface area contributed by atoms with Gasteiger partial charge in [-0.05, 0) is 19.3 Å². The van der Waals surface area contributed by atoms with Gasteiger partial charge in [-0.1, -0.05) is 6.92 Å². The van der Waals surface area contributed by atoms with Crippen molar-refractivity contribution in [2.45, 2.75) is 32.2 Å². The molecule has 4 nitrogen and oxygen atoms in total. The van der Waals surface area contributed by atoms with Crippen LogP contribution < -0.4 is 5.32 Å². The SMILES string of the molecule is CCc1nn(C)cc1NC1CCS(=O)CC1. The van der Waals surface area contributed by atoms with E-state index in [0.29, 0.717) is 6.04 Å². The van der Waals surface area contributed by atoms with E-state index in [1.165, 1.54) is 0 Å². The monoisotopic (exact) mass is 241 g/mol. The van der Waals surface area contributed by atoms with Crippen molar-refractivity contribution in [3.8, 4) is 0 Å². The van der Waals surface area contributed by atoms with Crippen LogP contribution >= 0.6 is 0 Å². The number of anilines is 1. The first-order valence-electron chi connectivity index (χ1n) is 5.83. The minimum absolute atomic E-state index is 0.465. The highest BCUT2D eigenvalue weighted by atomic mass is 32.2. The molecule has 0 aliphatic carbocycles. The Morgan fingerprint density at radius 3 is 2.88 bits per heavy atom. The smallest absolute Gasteiger partial charge is 0.0853 e. The van der Waals surface area contributed by atoms with E-state index in [2.05, 4.69) is 17.3 Å². The number of nitrogens with one attached hydrogen (secondary N) is 1. The molecule has 2 rings (SSSR count). The van der Waals surface area contributed by atoms with Crippen LogP contribution in [0.1, 0.15) is 25.5 Å². The zero-order chi connectivity index (χ0) is 11.5. The molecule has 1 fully saturated rings. The van der Waals surface area contributed by atoms with Crippen LogP contribution in [0.15, 0.2) is 6.20 Å². The Labute approximate surface area is 98.9 Å². The summed E-state index contributed by atoms with van der Waals surface area (Å²) in [5, 5.41) is 7.93. The summed E-state index contributed by atoms with van der Waals surface area (Å²) in [5.41, 5.74) is 2.26. The van der Waals surface area contributed by atoms with Crippen LogP contribution in [0.4, 0.5) is 5.69 Å². The highest BCUT2D eigenvalue weighted by Crippen LogP contribution is 2.19. The first-order chi connectivity index (χ1) is 7.69. The number of nitrogens with zero attached hydrogens (tertiary/aromatic N) is 2. The molecular formula is C11H19N3OS. The molecule has 0 radical (unpaired) electrons. The summed E-state index contributed by atoms with van der Waals surface area (Å²) in [6.07, 6.45) is 4.99. The lowest BCUT2D eigenvalue weighted by Crippen LogP contribution is -2.29. The summed E-state index contributed by atoms with van der Waals surface area (Å²) in [6, 6.07) is 0.465. The lowest BCUT2D eigenvalue weighted by atomic mass is 10.1. The summed E-state index contributed by atoms with van der Waals surface area (Å²) in [6.45, 7) is 2.11. The molecule has 0 amide bonds. The van der Waals surface area contributed by atoms with Crippen molar-refractivity contribution < 1.29 is 4.21 Å². The fourth-order valence-electron chi connectivity index (χ4n) is 2.07. The van der Waals surface area contributed by atoms with Gasteiger partial charge >= 0.3 is 0 Å². The van der Waals surface area contributed by atoms with Crippen molar-refractivity contribution in [2.75, 3.05) is 16.8 Å². The molecule has 0 atom stereocenters. The maximum atomic E-state index is 11.3. The standard InChI is InChI=1S/C11H19N3OS/c1-3-10-11(8-14(2)13-10)12-9-4-6-16(15)7-5-9/h8-9,12H,3-7H2,1-2H3. The maximum absolute atomic E-state index is 11.3. The van der Waals surface area contributed by atoms with Gasteiger partial charge in [-0.25, -0.2) is 0 Å². The van der Waals surface area contributed by atoms with E-state index in [0.717, 1.165) is 42.1 Å². The molecule has 1 aliphatic heterocycles. The minimum Gasteiger partial charge on any atom is -0.379 e. The molecule has 0 saturated carbocycles. The number of aromatic nitrogens is 2. The number of hydrogen-bond donors (Lipinski definition) is 1. The van der Waals surface area contributed by atoms with Gasteiger partial charge in [0, 0.05) is 41.6 Å². The molecular weight excluding hydrogens is 222 g/mol. The zero-order valence-corrected chi connectivity index (χ0v) is 10.7. The van der Waals surface area contributed by atoms with E-state index in [1.54, 1.807) is 0 Å². The van der Waals surface area contributed by atoms with Gasteiger partial charge in [0.25, 0.3) is 0 Å². The lowest BCUT2D eigenvalue weighted by molar-refractivity contribution is 0.623. The Hall–Kier alpha value is -0.840. The van der Waals surface area contributed by atoms with E-state index in [-0.39, 0.29) is 0 Å². The Morgan fingerprint density at radius 2 is 2.25 bits per heavy atom. The van der Waals surface area contributed by atoms with Crippen LogP contribution in [0.2, 0.25) is 0 Å². The van der Waals surface area contributed by atoms with Gasteiger partial charge in [-0.3, -0.25) is 8.89 Å². The largest absolute Gasteiger partial charge is 0.379 e. The van der Waals surface area contributed by atoms with Gasteiger partial charge in [0.05, 0.1) is 11.4 Å². The second-order valence-electron chi connectivity index (χ2n) is 4.28. The predicted octanol–water partition coefficient (Wildman–Crippen LogP) is 1.31. The molecule has 0 bridgehead atoms. The Balaban J connectivity index is 2.00. The van der Waals surface area contributed by atoms with E-state index in [1.807, 2.05) is 17.9 Å². The topological polar surface area (TPSA) is 46.9 Å². The van der Waals surface area contributed by atoms with Crippen molar-refractivity contribution in [2.24, 2.45) is 7.05 Å². The van der Waals surface area contributed by atoms with Crippen LogP contribution in [0.3, 0.4) is 0 Å². The second kappa shape index (κ2) is 4.99. The summed E-state index contributed by atoms with van der Waals surface area (Å²) >= 11 is 0. The molecule has 1 aliphatic rings. The van der Waals surface area contributed by atoms with Crippen LogP contribution in [0.25, 0.3) is 0 Å². The summed E-state index contributed by atoms with van der Waals surface area (Å²) in [5.74, 6) is 1.67. The molecule has 0 aromatic carbocycles. The Bertz CT molecular complexity index is 379. The summed E-state index contributed by atoms with van der Waals surface area (Å²) in [7, 11) is 1.36. The molecule has 2 heterocycles. The fourth-order valence-corrected chi connectivity index (χ4v) is 3.37. The molecule has 90 valence electrons. The third-order valence-corrected chi connectivity index (χ3v) is 4.37. The van der Waals surface area contributed by atoms with Gasteiger partial charge in [0.1, 0.15) is 0 Å². The van der Waals surface area contributed by atoms with E-state index in [4.69, 9.17) is 0 Å². The molecule has 1 saturated heterocycles. The lowest BCUT2D eigenvalue weighted by Gasteiger charge is -2.23. The van der Waals surface area contributed by atoms with Crippen molar-refractivity contribution in [3.63, 3.8) is 0 Å². The van der Waals surface area contributed by atoms with E-state index >= 15 is 0 Å². The predicted molar refractivity (Wildman–Crippen MR) is 67.1 cm³/mol. The van der Waals surface area contributed by atoms with Crippen molar-refractivity contribution in [1.29, 1.82) is 0 Å². The molecule has 1 N–H and O–H groups in total. The van der Waals surface area contributed by atoms with Gasteiger partial charge in [0.15, 0.2) is 0 Å². The molecule has 1 aromatic rings. The van der Waals surface area contributed by atoms with Crippen molar-refractivity contribution in [3.05, 3.63) is 11.9 Å². The van der Waals surface area contributed by atoms with Gasteiger partial charge < -0.3 is 5.32 Å². The fraction of sp³-hybridized carbons (Fsp3) is 0.727. The summed E-state index contributed by atoms with van der Waals surface area (Å²) < 4.78 is 13.1. The molecule has 16 heavy (non-hydrogen) atoms. The number of aryl methyl sites for hydroxylation is 2. The maximum Gasteiger partial charge on any atom is 0.0853 e. The zero-order valence-electron chi connectivity index (χ0n) is 9.90. The van der Waals surface area contributed by atoms with Crippen molar-refractivity contribution in [1.82, 2.24) is 9.78 Å². The van der Waals surface area contributed by atoms with E-state index in [9.17, 15) is 4.21 Å². The minimum atomic E-state index is -0.582. The third kappa shape index (κ3) is 2.64. The highest BCUT2D eigenvalue weighted by molar-refractivity contribution is 7.85. The van der Waals surface area contributed by atoms with Gasteiger partial charge in [0.2, 0.25) is 0 Å². The van der Waals surface area contributed by atoms with Crippen LogP contribution in [-0.4, -0.2) is 31.5 Å². The average Bonchev–Trinajstić information content (AvgIpc) is 2.62. The third-order valence-electron chi connectivity index (χ3n) is 2.99. The quantitative estimate of drug-likeness (QED) is 0.868. The number of hydrogen-bond acceptors (Lipinski definition) is 3. The Kier molecular flexibility index (Phi) is 3.63. The van der Waals surface area contributed by atoms with Crippen molar-refractivity contribution >= 4 is 16.5 Å². The Morgan fingerprint density at radius 1 is 1.56 bits per heavy atom. The van der Waals surface area contributed by atoms with Crippen LogP contribution in [-0.2, 0) is 24.3 Å². The van der Waals surface area contributed by atoms with Gasteiger partial charge in [-0.15, -0.1) is 0 Å². The number of rotatable bonds is 3. The first kappa shape index (κ1) is 11.6. The molecule has 0 spiro atoms.